The summed E-state index contributed by atoms with van der Waals surface area (Å²) in [5, 5.41) is 2.95. The zero-order valence-corrected chi connectivity index (χ0v) is 10.7. The molecule has 0 radical (unpaired) electrons. The average Bonchev–Trinajstić information content (AvgIpc) is 2.23. The minimum atomic E-state index is -0.407. The first kappa shape index (κ1) is 14.0. The average molecular weight is 255 g/mol. The smallest absolute Gasteiger partial charge is 0.236 e. The van der Waals surface area contributed by atoms with Gasteiger partial charge in [-0.15, -0.1) is 12.4 Å². The van der Waals surface area contributed by atoms with Crippen LogP contribution in [0.3, 0.4) is 0 Å². The van der Waals surface area contributed by atoms with Crippen LogP contribution < -0.4 is 11.1 Å². The molecule has 1 aromatic carbocycles. The number of nitrogens with one attached hydrogen (secondary N) is 1. The molecule has 4 heteroatoms. The minimum absolute atomic E-state index is 0. The number of carbonyl (C=O) groups excluding carboxylic acids is 1. The molecule has 3 N–H and O–H groups in total. The summed E-state index contributed by atoms with van der Waals surface area (Å²) in [6.45, 7) is 1.71. The van der Waals surface area contributed by atoms with Crippen molar-refractivity contribution in [2.45, 2.75) is 37.8 Å². The molecule has 1 amide bonds. The molecule has 0 aromatic heterocycles. The van der Waals surface area contributed by atoms with Gasteiger partial charge in [0.15, 0.2) is 0 Å². The molecule has 2 rings (SSSR count). The van der Waals surface area contributed by atoms with Crippen molar-refractivity contribution in [2.24, 2.45) is 5.73 Å². The number of carbonyl (C=O) groups is 1. The van der Waals surface area contributed by atoms with E-state index in [0.29, 0.717) is 12.0 Å². The van der Waals surface area contributed by atoms with E-state index in [1.165, 1.54) is 5.56 Å². The predicted octanol–water partition coefficient (Wildman–Crippen LogP) is 1.82. The van der Waals surface area contributed by atoms with Gasteiger partial charge in [0, 0.05) is 6.04 Å². The first-order valence-corrected chi connectivity index (χ1v) is 5.77. The van der Waals surface area contributed by atoms with Crippen LogP contribution in [0.2, 0.25) is 0 Å². The van der Waals surface area contributed by atoms with Crippen molar-refractivity contribution in [3.63, 3.8) is 0 Å². The topological polar surface area (TPSA) is 55.1 Å². The Morgan fingerprint density at radius 2 is 1.94 bits per heavy atom. The highest BCUT2D eigenvalue weighted by molar-refractivity contribution is 5.85. The lowest BCUT2D eigenvalue weighted by molar-refractivity contribution is -0.123. The van der Waals surface area contributed by atoms with Gasteiger partial charge in [-0.05, 0) is 31.2 Å². The maximum absolute atomic E-state index is 11.4. The van der Waals surface area contributed by atoms with E-state index in [1.807, 2.05) is 6.07 Å². The van der Waals surface area contributed by atoms with Crippen LogP contribution >= 0.6 is 12.4 Å². The molecule has 0 heterocycles. The van der Waals surface area contributed by atoms with E-state index in [2.05, 4.69) is 29.6 Å². The summed E-state index contributed by atoms with van der Waals surface area (Å²) in [5.41, 5.74) is 6.87. The number of hydrogen-bond donors (Lipinski definition) is 2. The van der Waals surface area contributed by atoms with Crippen molar-refractivity contribution < 1.29 is 4.79 Å². The normalized spacial score (nSPS) is 24.1. The highest BCUT2D eigenvalue weighted by atomic mass is 35.5. The molecular formula is C13H19ClN2O. The monoisotopic (exact) mass is 254 g/mol. The van der Waals surface area contributed by atoms with Crippen LogP contribution in [0, 0.1) is 0 Å². The molecule has 0 bridgehead atoms. The zero-order valence-electron chi connectivity index (χ0n) is 9.93. The Morgan fingerprint density at radius 3 is 2.47 bits per heavy atom. The molecule has 1 atom stereocenters. The first-order chi connectivity index (χ1) is 7.66. The van der Waals surface area contributed by atoms with Gasteiger partial charge in [-0.3, -0.25) is 4.79 Å². The minimum Gasteiger partial charge on any atom is -0.352 e. The van der Waals surface area contributed by atoms with Crippen LogP contribution in [0.4, 0.5) is 0 Å². The molecule has 0 saturated heterocycles. The van der Waals surface area contributed by atoms with Gasteiger partial charge in [0.25, 0.3) is 0 Å². The Kier molecular flexibility index (Phi) is 4.97. The lowest BCUT2D eigenvalue weighted by Crippen LogP contribution is -2.48. The molecule has 1 aromatic rings. The number of hydrogen-bond acceptors (Lipinski definition) is 2. The highest BCUT2D eigenvalue weighted by Gasteiger charge is 2.31. The SMILES string of the molecule is C[C@@H](N)C(=O)NC1CC(c2ccccc2)C1.Cl. The predicted molar refractivity (Wildman–Crippen MR) is 71.2 cm³/mol. The van der Waals surface area contributed by atoms with E-state index in [1.54, 1.807) is 6.92 Å². The van der Waals surface area contributed by atoms with Crippen LogP contribution in [-0.4, -0.2) is 18.0 Å². The third-order valence-corrected chi connectivity index (χ3v) is 3.17. The quantitative estimate of drug-likeness (QED) is 0.865. The fourth-order valence-electron chi connectivity index (χ4n) is 2.07. The lowest BCUT2D eigenvalue weighted by atomic mass is 9.76. The third-order valence-electron chi connectivity index (χ3n) is 3.17. The summed E-state index contributed by atoms with van der Waals surface area (Å²) in [5.74, 6) is 0.552. The van der Waals surface area contributed by atoms with Crippen molar-refractivity contribution in [1.82, 2.24) is 5.32 Å². The van der Waals surface area contributed by atoms with Crippen molar-refractivity contribution in [3.05, 3.63) is 35.9 Å². The fourth-order valence-corrected chi connectivity index (χ4v) is 2.07. The van der Waals surface area contributed by atoms with Gasteiger partial charge >= 0.3 is 0 Å². The summed E-state index contributed by atoms with van der Waals surface area (Å²) in [4.78, 5) is 11.4. The Balaban J connectivity index is 0.00000144. The molecule has 0 aliphatic heterocycles. The molecular weight excluding hydrogens is 236 g/mol. The summed E-state index contributed by atoms with van der Waals surface area (Å²) in [7, 11) is 0. The van der Waals surface area contributed by atoms with Gasteiger partial charge in [-0.2, -0.15) is 0 Å². The standard InChI is InChI=1S/C13H18N2O.ClH/c1-9(14)13(16)15-12-7-11(8-12)10-5-3-2-4-6-10;/h2-6,9,11-12H,7-8,14H2,1H3,(H,15,16);1H/t9-,11?,12?;/m1./s1. The molecule has 94 valence electrons. The fraction of sp³-hybridized carbons (Fsp3) is 0.462. The van der Waals surface area contributed by atoms with Crippen LogP contribution in [0.1, 0.15) is 31.2 Å². The summed E-state index contributed by atoms with van der Waals surface area (Å²) >= 11 is 0. The number of amides is 1. The molecule has 0 unspecified atom stereocenters. The van der Waals surface area contributed by atoms with Crippen LogP contribution in [0.15, 0.2) is 30.3 Å². The van der Waals surface area contributed by atoms with Gasteiger partial charge in [-0.1, -0.05) is 30.3 Å². The first-order valence-electron chi connectivity index (χ1n) is 5.77. The van der Waals surface area contributed by atoms with Crippen LogP contribution in [0.5, 0.6) is 0 Å². The van der Waals surface area contributed by atoms with Gasteiger partial charge in [0.2, 0.25) is 5.91 Å². The molecule has 1 fully saturated rings. The second-order valence-corrected chi connectivity index (χ2v) is 4.57. The van der Waals surface area contributed by atoms with Gasteiger partial charge in [0.05, 0.1) is 6.04 Å². The molecule has 17 heavy (non-hydrogen) atoms. The van der Waals surface area contributed by atoms with E-state index in [0.717, 1.165) is 12.8 Å². The summed E-state index contributed by atoms with van der Waals surface area (Å²) < 4.78 is 0. The van der Waals surface area contributed by atoms with E-state index in [-0.39, 0.29) is 18.3 Å². The molecule has 1 aliphatic rings. The van der Waals surface area contributed by atoms with Crippen molar-refractivity contribution >= 4 is 18.3 Å². The van der Waals surface area contributed by atoms with E-state index >= 15 is 0 Å². The molecule has 1 aliphatic carbocycles. The van der Waals surface area contributed by atoms with Gasteiger partial charge in [0.1, 0.15) is 0 Å². The van der Waals surface area contributed by atoms with E-state index < -0.39 is 6.04 Å². The Morgan fingerprint density at radius 1 is 1.35 bits per heavy atom. The van der Waals surface area contributed by atoms with Crippen molar-refractivity contribution in [1.29, 1.82) is 0 Å². The maximum atomic E-state index is 11.4. The van der Waals surface area contributed by atoms with Gasteiger partial charge < -0.3 is 11.1 Å². The molecule has 1 saturated carbocycles. The molecule has 0 spiro atoms. The second kappa shape index (κ2) is 6.03. The van der Waals surface area contributed by atoms with Crippen LogP contribution in [0.25, 0.3) is 0 Å². The Labute approximate surface area is 108 Å². The summed E-state index contributed by atoms with van der Waals surface area (Å²) in [6, 6.07) is 10.3. The largest absolute Gasteiger partial charge is 0.352 e. The number of rotatable bonds is 3. The number of halogens is 1. The summed E-state index contributed by atoms with van der Waals surface area (Å²) in [6.07, 6.45) is 2.06. The highest BCUT2D eigenvalue weighted by Crippen LogP contribution is 2.36. The Hall–Kier alpha value is -1.06. The second-order valence-electron chi connectivity index (χ2n) is 4.57. The van der Waals surface area contributed by atoms with Crippen LogP contribution in [-0.2, 0) is 4.79 Å². The number of nitrogens with two attached hydrogens (primary N) is 1. The van der Waals surface area contributed by atoms with E-state index in [9.17, 15) is 4.79 Å². The number of benzene rings is 1. The zero-order chi connectivity index (χ0) is 11.5. The lowest BCUT2D eigenvalue weighted by Gasteiger charge is -2.36. The van der Waals surface area contributed by atoms with Crippen molar-refractivity contribution in [3.8, 4) is 0 Å². The maximum Gasteiger partial charge on any atom is 0.236 e. The Bertz CT molecular complexity index is 361. The van der Waals surface area contributed by atoms with Crippen molar-refractivity contribution in [2.75, 3.05) is 0 Å². The third kappa shape index (κ3) is 3.45. The van der Waals surface area contributed by atoms with E-state index in [4.69, 9.17) is 5.73 Å². The molecule has 3 nitrogen and oxygen atoms in total. The van der Waals surface area contributed by atoms with Gasteiger partial charge in [-0.25, -0.2) is 0 Å².